The van der Waals surface area contributed by atoms with Crippen molar-refractivity contribution < 1.29 is 43.2 Å². The zero-order chi connectivity index (χ0) is 51.6. The molecule has 0 spiro atoms. The van der Waals surface area contributed by atoms with Gasteiger partial charge in [0.1, 0.15) is 42.3 Å². The molecule has 384 valence electrons. The van der Waals surface area contributed by atoms with Gasteiger partial charge in [0, 0.05) is 56.5 Å². The predicted octanol–water partition coefficient (Wildman–Crippen LogP) is -0.852. The first-order valence-electron chi connectivity index (χ1n) is 24.2. The van der Waals surface area contributed by atoms with Crippen LogP contribution in [0.5, 0.6) is 0 Å². The van der Waals surface area contributed by atoms with Crippen LogP contribution < -0.4 is 54.4 Å². The van der Waals surface area contributed by atoms with Crippen LogP contribution in [0.4, 0.5) is 0 Å². The Morgan fingerprint density at radius 3 is 2.15 bits per heavy atom. The van der Waals surface area contributed by atoms with Crippen molar-refractivity contribution in [1.82, 2.24) is 47.1 Å². The number of carbonyl (C=O) groups excluding carboxylic acids is 9. The molecule has 1 aromatic heterocycles. The number of aromatic nitrogens is 1. The Bertz CT molecular complexity index is 2400. The van der Waals surface area contributed by atoms with Crippen LogP contribution in [0, 0.1) is 5.92 Å². The highest BCUT2D eigenvalue weighted by atomic mass is 16.2. The van der Waals surface area contributed by atoms with Crippen molar-refractivity contribution in [2.45, 2.75) is 134 Å². The zero-order valence-electron chi connectivity index (χ0n) is 40.6. The molecule has 0 aliphatic carbocycles. The van der Waals surface area contributed by atoms with Crippen molar-refractivity contribution in [1.29, 1.82) is 0 Å². The fourth-order valence-electron chi connectivity index (χ4n) is 8.81. The van der Waals surface area contributed by atoms with Gasteiger partial charge in [0.05, 0.1) is 6.42 Å². The Labute approximate surface area is 412 Å². The van der Waals surface area contributed by atoms with Crippen molar-refractivity contribution in [3.63, 3.8) is 0 Å². The normalized spacial score (nSPS) is 22.7. The van der Waals surface area contributed by atoms with Crippen molar-refractivity contribution in [2.75, 3.05) is 19.6 Å². The molecule has 2 aliphatic heterocycles. The van der Waals surface area contributed by atoms with E-state index in [2.05, 4.69) is 47.2 Å². The molecule has 2 aromatic carbocycles. The number of hydrogen-bond acceptors (Lipinski definition) is 10. The molecule has 14 N–H and O–H groups in total. The smallest absolute Gasteiger partial charge is 0.246 e. The molecule has 1 unspecified atom stereocenters. The molecule has 3 heterocycles. The first-order chi connectivity index (χ1) is 33.9. The number of benzene rings is 2. The van der Waals surface area contributed by atoms with E-state index < -0.39 is 102 Å². The number of nitrogens with one attached hydrogen (secondary N) is 8. The van der Waals surface area contributed by atoms with Crippen LogP contribution in [0.25, 0.3) is 10.9 Å². The van der Waals surface area contributed by atoms with Crippen LogP contribution in [-0.2, 0) is 56.0 Å². The molecule has 3 aromatic rings. The Morgan fingerprint density at radius 2 is 1.45 bits per heavy atom. The molecule has 71 heavy (non-hydrogen) atoms. The van der Waals surface area contributed by atoms with Crippen LogP contribution >= 0.6 is 0 Å². The van der Waals surface area contributed by atoms with E-state index in [0.717, 1.165) is 10.9 Å². The molecule has 9 amide bonds. The van der Waals surface area contributed by atoms with Gasteiger partial charge in [-0.05, 0) is 74.5 Å². The van der Waals surface area contributed by atoms with Gasteiger partial charge in [-0.1, -0.05) is 62.4 Å². The van der Waals surface area contributed by atoms with E-state index in [4.69, 9.17) is 17.2 Å². The van der Waals surface area contributed by atoms with E-state index in [9.17, 15) is 43.2 Å². The third-order valence-corrected chi connectivity index (χ3v) is 12.4. The van der Waals surface area contributed by atoms with Gasteiger partial charge < -0.3 is 64.3 Å². The second-order valence-corrected chi connectivity index (χ2v) is 18.5. The molecule has 0 radical (unpaired) electrons. The van der Waals surface area contributed by atoms with Crippen LogP contribution in [0.1, 0.15) is 89.7 Å². The third-order valence-electron chi connectivity index (χ3n) is 12.4. The predicted molar refractivity (Wildman–Crippen MR) is 264 cm³/mol. The molecule has 2 saturated heterocycles. The molecule has 0 saturated carbocycles. The number of amides is 9. The fraction of sp³-hybridized carbons (Fsp3) is 0.510. The lowest BCUT2D eigenvalue weighted by atomic mass is 10.0. The maximum Gasteiger partial charge on any atom is 0.246 e. The molecule has 22 nitrogen and oxygen atoms in total. The minimum absolute atomic E-state index is 0.0174. The molecular weight excluding hydrogens is 915 g/mol. The van der Waals surface area contributed by atoms with Crippen LogP contribution in [0.3, 0.4) is 0 Å². The second-order valence-electron chi connectivity index (χ2n) is 18.5. The van der Waals surface area contributed by atoms with Crippen molar-refractivity contribution >= 4 is 70.0 Å². The topological polar surface area (TPSA) is 347 Å². The number of hydrogen-bond donors (Lipinski definition) is 11. The number of guanidine groups is 1. The molecular formula is C49H69N13O9. The number of nitrogens with zero attached hydrogens (tertiary/aromatic N) is 2. The molecule has 7 atom stereocenters. The van der Waals surface area contributed by atoms with Gasteiger partial charge in [-0.25, -0.2) is 0 Å². The summed E-state index contributed by atoms with van der Waals surface area (Å²) in [6, 6.07) is 7.47. The zero-order valence-corrected chi connectivity index (χ0v) is 40.6. The second kappa shape index (κ2) is 26.5. The van der Waals surface area contributed by atoms with E-state index in [-0.39, 0.29) is 76.5 Å². The number of para-hydroxylation sites is 1. The molecule has 5 rings (SSSR count). The monoisotopic (exact) mass is 984 g/mol. The summed E-state index contributed by atoms with van der Waals surface area (Å²) >= 11 is 0. The van der Waals surface area contributed by atoms with Gasteiger partial charge in [0.15, 0.2) is 5.96 Å². The quantitative estimate of drug-likeness (QED) is 0.0537. The lowest BCUT2D eigenvalue weighted by Gasteiger charge is -2.31. The summed E-state index contributed by atoms with van der Waals surface area (Å²) in [5, 5.41) is 19.9. The largest absolute Gasteiger partial charge is 0.370 e. The maximum absolute atomic E-state index is 14.6. The van der Waals surface area contributed by atoms with Gasteiger partial charge in [0.25, 0.3) is 0 Å². The number of nitrogens with two attached hydrogens (primary N) is 3. The number of H-pyrrole nitrogens is 1. The summed E-state index contributed by atoms with van der Waals surface area (Å²) in [6.07, 6.45) is 2.76. The Morgan fingerprint density at radius 1 is 0.789 bits per heavy atom. The first kappa shape index (κ1) is 54.4. The Balaban J connectivity index is 1.52. The molecule has 22 heteroatoms. The van der Waals surface area contributed by atoms with Crippen molar-refractivity contribution in [3.8, 4) is 0 Å². The number of rotatable bonds is 14. The van der Waals surface area contributed by atoms with Gasteiger partial charge in [-0.2, -0.15) is 0 Å². The number of carbonyl (C=O) groups is 9. The first-order valence-corrected chi connectivity index (χ1v) is 24.2. The summed E-state index contributed by atoms with van der Waals surface area (Å²) < 4.78 is 0. The van der Waals surface area contributed by atoms with Gasteiger partial charge in [-0.15, -0.1) is 0 Å². The highest BCUT2D eigenvalue weighted by Crippen LogP contribution is 2.22. The highest BCUT2D eigenvalue weighted by molar-refractivity contribution is 5.99. The Hall–Kier alpha value is -7.52. The van der Waals surface area contributed by atoms with E-state index in [1.807, 2.05) is 38.1 Å². The van der Waals surface area contributed by atoms with E-state index in [1.165, 1.54) is 11.8 Å². The third kappa shape index (κ3) is 16.6. The Kier molecular flexibility index (Phi) is 20.3. The fourth-order valence-corrected chi connectivity index (χ4v) is 8.81. The number of primary amides is 1. The van der Waals surface area contributed by atoms with Crippen molar-refractivity contribution in [2.24, 2.45) is 28.1 Å². The van der Waals surface area contributed by atoms with E-state index >= 15 is 0 Å². The van der Waals surface area contributed by atoms with E-state index in [1.54, 1.807) is 36.5 Å². The van der Waals surface area contributed by atoms with Gasteiger partial charge in [0.2, 0.25) is 53.2 Å². The average Bonchev–Trinajstić information content (AvgIpc) is 3.98. The van der Waals surface area contributed by atoms with E-state index in [0.29, 0.717) is 30.4 Å². The molecule has 2 aliphatic rings. The lowest BCUT2D eigenvalue weighted by molar-refractivity contribution is -0.143. The summed E-state index contributed by atoms with van der Waals surface area (Å²) in [5.74, 6) is -6.50. The minimum Gasteiger partial charge on any atom is -0.370 e. The number of aromatic amines is 1. The van der Waals surface area contributed by atoms with Crippen LogP contribution in [0.15, 0.2) is 65.8 Å². The highest BCUT2D eigenvalue weighted by Gasteiger charge is 2.41. The summed E-state index contributed by atoms with van der Waals surface area (Å²) in [7, 11) is 0. The standard InChI is InChI=1S/C49H69N13O9/c1-28(2)23-36(56-29(3)63)44(67)61-39-26-41(64)53-20-10-9-17-34(42(50)65)57-46(69)38(25-31-27-55-33-16-8-7-15-32(31)33)59-43(66)35(18-11-21-54-49(51)52)58-45(68)37(24-30-13-5-4-6-14-30)60-47(70)40-19-12-22-62(40)48(39)71/h4-8,13-16,27-28,34-40,55H,9-12,17-26H2,1-3H3,(H2,50,65)(H,53,64)(H,56,63)(H,57,69)(H,58,68)(H,59,66)(H,60,70)(H,61,67)(H4,51,52,54)/t34-,35-,36-,37+,38?,39-,40-/m0/s1. The molecule has 2 fully saturated rings. The summed E-state index contributed by atoms with van der Waals surface area (Å²) in [6.45, 7) is 5.24. The SMILES string of the molecule is CC(=O)N[C@@H](CC(C)C)C(=O)N[C@H]1CC(=O)NCCCC[C@@H](C(N)=O)NC(=O)C(Cc2c[nH]c3ccccc23)NC(=O)[C@H](CCCN=C(N)N)NC(=O)[C@@H](Cc2ccccc2)NC(=O)[C@@H]2CCCN2C1=O. The summed E-state index contributed by atoms with van der Waals surface area (Å²) in [4.78, 5) is 133. The molecule has 0 bridgehead atoms. The average molecular weight is 984 g/mol. The van der Waals surface area contributed by atoms with Gasteiger partial charge in [-0.3, -0.25) is 48.1 Å². The number of aliphatic imine (C=N–C) groups is 1. The van der Waals surface area contributed by atoms with Crippen LogP contribution in [-0.4, -0.2) is 131 Å². The van der Waals surface area contributed by atoms with Gasteiger partial charge >= 0.3 is 0 Å². The maximum atomic E-state index is 14.6. The summed E-state index contributed by atoms with van der Waals surface area (Å²) in [5.41, 5.74) is 19.1. The minimum atomic E-state index is -1.46. The lowest BCUT2D eigenvalue weighted by Crippen LogP contribution is -2.60. The number of fused-ring (bicyclic) bond motifs is 2. The van der Waals surface area contributed by atoms with Crippen molar-refractivity contribution in [3.05, 3.63) is 71.9 Å². The van der Waals surface area contributed by atoms with Crippen LogP contribution in [0.2, 0.25) is 0 Å².